The highest BCUT2D eigenvalue weighted by Gasteiger charge is 2.16. The van der Waals surface area contributed by atoms with Gasteiger partial charge in [0.1, 0.15) is 13.2 Å². The first kappa shape index (κ1) is 17.5. The van der Waals surface area contributed by atoms with Crippen molar-refractivity contribution in [1.82, 2.24) is 5.32 Å². The highest BCUT2D eigenvalue weighted by atomic mass is 35.5. The topological polar surface area (TPSA) is 66.0 Å². The van der Waals surface area contributed by atoms with Gasteiger partial charge in [0.15, 0.2) is 23.0 Å². The van der Waals surface area contributed by atoms with E-state index in [0.29, 0.717) is 48.5 Å². The number of carbonyl (C=O) groups is 1. The number of hydrogen-bond donors (Lipinski definition) is 1. The minimum absolute atomic E-state index is 0.170. The number of rotatable bonds is 5. The lowest BCUT2D eigenvalue weighted by molar-refractivity contribution is -0.116. The maximum Gasteiger partial charge on any atom is 0.244 e. The van der Waals surface area contributed by atoms with Crippen LogP contribution in [0.15, 0.2) is 36.4 Å². The quantitative estimate of drug-likeness (QED) is 0.798. The molecule has 140 valence electrons. The van der Waals surface area contributed by atoms with Crippen LogP contribution in [-0.4, -0.2) is 32.5 Å². The summed E-state index contributed by atoms with van der Waals surface area (Å²) in [7, 11) is 0. The maximum absolute atomic E-state index is 12.0. The van der Waals surface area contributed by atoms with Crippen LogP contribution in [0.5, 0.6) is 23.0 Å². The van der Waals surface area contributed by atoms with Gasteiger partial charge in [-0.25, -0.2) is 0 Å². The number of benzene rings is 2. The average molecular weight is 388 g/mol. The Balaban J connectivity index is 1.30. The monoisotopic (exact) mass is 387 g/mol. The Bertz CT molecular complexity index is 896. The molecule has 27 heavy (non-hydrogen) atoms. The van der Waals surface area contributed by atoms with Crippen LogP contribution in [0.3, 0.4) is 0 Å². The Kier molecular flexibility index (Phi) is 5.07. The van der Waals surface area contributed by atoms with Gasteiger partial charge in [0, 0.05) is 12.6 Å². The van der Waals surface area contributed by atoms with Crippen molar-refractivity contribution >= 4 is 23.6 Å². The van der Waals surface area contributed by atoms with E-state index in [9.17, 15) is 4.79 Å². The third-order valence-electron chi connectivity index (χ3n) is 4.19. The summed E-state index contributed by atoms with van der Waals surface area (Å²) in [5.74, 6) is 2.47. The number of amides is 1. The smallest absolute Gasteiger partial charge is 0.244 e. The minimum Gasteiger partial charge on any atom is -0.486 e. The van der Waals surface area contributed by atoms with E-state index in [1.165, 1.54) is 6.08 Å². The summed E-state index contributed by atoms with van der Waals surface area (Å²) in [6, 6.07) is 9.27. The molecular formula is C20H18ClNO5. The first-order chi connectivity index (χ1) is 13.2. The molecule has 0 spiro atoms. The molecular weight excluding hydrogens is 370 g/mol. The predicted octanol–water partition coefficient (Wildman–Crippen LogP) is 3.21. The van der Waals surface area contributed by atoms with Crippen molar-refractivity contribution < 1.29 is 23.7 Å². The first-order valence-electron chi connectivity index (χ1n) is 8.62. The molecule has 0 fully saturated rings. The van der Waals surface area contributed by atoms with E-state index in [-0.39, 0.29) is 12.7 Å². The second-order valence-electron chi connectivity index (χ2n) is 6.09. The zero-order valence-corrected chi connectivity index (χ0v) is 15.3. The molecule has 0 saturated carbocycles. The van der Waals surface area contributed by atoms with Crippen molar-refractivity contribution in [3.05, 3.63) is 52.6 Å². The van der Waals surface area contributed by atoms with Gasteiger partial charge in [-0.1, -0.05) is 17.7 Å². The largest absolute Gasteiger partial charge is 0.486 e. The lowest BCUT2D eigenvalue weighted by atomic mass is 10.1. The van der Waals surface area contributed by atoms with Crippen LogP contribution in [0.1, 0.15) is 11.1 Å². The molecule has 1 N–H and O–H groups in total. The van der Waals surface area contributed by atoms with E-state index in [2.05, 4.69) is 5.32 Å². The van der Waals surface area contributed by atoms with Crippen LogP contribution in [0, 0.1) is 0 Å². The molecule has 1 amide bonds. The molecule has 2 aliphatic rings. The Morgan fingerprint density at radius 3 is 2.81 bits per heavy atom. The minimum atomic E-state index is -0.170. The van der Waals surface area contributed by atoms with Crippen molar-refractivity contribution in [2.45, 2.75) is 6.42 Å². The third-order valence-corrected chi connectivity index (χ3v) is 4.47. The van der Waals surface area contributed by atoms with E-state index < -0.39 is 0 Å². The van der Waals surface area contributed by atoms with E-state index >= 15 is 0 Å². The molecule has 6 nitrogen and oxygen atoms in total. The van der Waals surface area contributed by atoms with Crippen LogP contribution in [0.2, 0.25) is 5.02 Å². The van der Waals surface area contributed by atoms with Crippen LogP contribution in [-0.2, 0) is 11.2 Å². The van der Waals surface area contributed by atoms with E-state index in [0.717, 1.165) is 16.9 Å². The Hall–Kier alpha value is -2.86. The summed E-state index contributed by atoms with van der Waals surface area (Å²) in [5, 5.41) is 3.38. The van der Waals surface area contributed by atoms with E-state index in [1.807, 2.05) is 30.3 Å². The Labute approximate surface area is 161 Å². The van der Waals surface area contributed by atoms with Gasteiger partial charge in [0.2, 0.25) is 12.7 Å². The number of ether oxygens (including phenoxy) is 4. The predicted molar refractivity (Wildman–Crippen MR) is 101 cm³/mol. The fourth-order valence-corrected chi connectivity index (χ4v) is 3.17. The van der Waals surface area contributed by atoms with Crippen molar-refractivity contribution in [2.75, 3.05) is 26.6 Å². The third kappa shape index (κ3) is 4.11. The zero-order chi connectivity index (χ0) is 18.6. The molecule has 0 atom stereocenters. The van der Waals surface area contributed by atoms with Crippen LogP contribution >= 0.6 is 11.6 Å². The van der Waals surface area contributed by atoms with Crippen LogP contribution < -0.4 is 24.3 Å². The SMILES string of the molecule is O=C(/C=C/c1ccc2c(c1)OCO2)NCCc1cc(Cl)c2c(c1)OCCO2. The Morgan fingerprint density at radius 2 is 1.89 bits per heavy atom. The lowest BCUT2D eigenvalue weighted by Crippen LogP contribution is -2.23. The van der Waals surface area contributed by atoms with Gasteiger partial charge in [-0.3, -0.25) is 4.79 Å². The molecule has 2 aromatic carbocycles. The second-order valence-corrected chi connectivity index (χ2v) is 6.50. The highest BCUT2D eigenvalue weighted by molar-refractivity contribution is 6.32. The molecule has 0 saturated heterocycles. The summed E-state index contributed by atoms with van der Waals surface area (Å²) < 4.78 is 21.7. The van der Waals surface area contributed by atoms with Crippen molar-refractivity contribution in [1.29, 1.82) is 0 Å². The van der Waals surface area contributed by atoms with E-state index in [1.54, 1.807) is 6.08 Å². The summed E-state index contributed by atoms with van der Waals surface area (Å²) in [4.78, 5) is 12.0. The fourth-order valence-electron chi connectivity index (χ4n) is 2.89. The number of nitrogens with one attached hydrogen (secondary N) is 1. The number of carbonyl (C=O) groups excluding carboxylic acids is 1. The van der Waals surface area contributed by atoms with Gasteiger partial charge >= 0.3 is 0 Å². The summed E-state index contributed by atoms with van der Waals surface area (Å²) in [6.07, 6.45) is 3.87. The average Bonchev–Trinajstić information content (AvgIpc) is 3.14. The Morgan fingerprint density at radius 1 is 1.04 bits per heavy atom. The first-order valence-corrected chi connectivity index (χ1v) is 9.00. The molecule has 2 aliphatic heterocycles. The number of fused-ring (bicyclic) bond motifs is 2. The van der Waals surface area contributed by atoms with Gasteiger partial charge in [-0.2, -0.15) is 0 Å². The van der Waals surface area contributed by atoms with Gasteiger partial charge in [0.05, 0.1) is 5.02 Å². The number of hydrogen-bond acceptors (Lipinski definition) is 5. The van der Waals surface area contributed by atoms with Crippen LogP contribution in [0.25, 0.3) is 6.08 Å². The zero-order valence-electron chi connectivity index (χ0n) is 14.5. The molecule has 7 heteroatoms. The fraction of sp³-hybridized carbons (Fsp3) is 0.250. The molecule has 0 radical (unpaired) electrons. The second kappa shape index (κ2) is 7.80. The molecule has 0 unspecified atom stereocenters. The molecule has 0 bridgehead atoms. The van der Waals surface area contributed by atoms with Crippen molar-refractivity contribution in [2.24, 2.45) is 0 Å². The van der Waals surface area contributed by atoms with E-state index in [4.69, 9.17) is 30.5 Å². The number of halogens is 1. The lowest BCUT2D eigenvalue weighted by Gasteiger charge is -2.20. The van der Waals surface area contributed by atoms with Crippen molar-refractivity contribution in [3.63, 3.8) is 0 Å². The normalized spacial score (nSPS) is 14.4. The molecule has 2 heterocycles. The standard InChI is InChI=1S/C20H18ClNO5/c21-15-9-14(11-18-20(15)25-8-7-24-18)5-6-22-19(23)4-2-13-1-3-16-17(10-13)27-12-26-16/h1-4,9-11H,5-8,12H2,(H,22,23)/b4-2+. The van der Waals surface area contributed by atoms with Gasteiger partial charge in [0.25, 0.3) is 0 Å². The molecule has 0 aromatic heterocycles. The molecule has 0 aliphatic carbocycles. The maximum atomic E-state index is 12.0. The van der Waals surface area contributed by atoms with Crippen molar-refractivity contribution in [3.8, 4) is 23.0 Å². The van der Waals surface area contributed by atoms with Gasteiger partial charge in [-0.05, 0) is 47.9 Å². The van der Waals surface area contributed by atoms with Gasteiger partial charge in [-0.15, -0.1) is 0 Å². The van der Waals surface area contributed by atoms with Gasteiger partial charge < -0.3 is 24.3 Å². The summed E-state index contributed by atoms with van der Waals surface area (Å²) in [6.45, 7) is 1.72. The summed E-state index contributed by atoms with van der Waals surface area (Å²) >= 11 is 6.22. The molecule has 2 aromatic rings. The molecule has 4 rings (SSSR count). The summed E-state index contributed by atoms with van der Waals surface area (Å²) in [5.41, 5.74) is 1.84. The van der Waals surface area contributed by atoms with Crippen LogP contribution in [0.4, 0.5) is 0 Å². The highest BCUT2D eigenvalue weighted by Crippen LogP contribution is 2.38.